The third-order valence-electron chi connectivity index (χ3n) is 3.67. The smallest absolute Gasteiger partial charge is 0.337 e. The van der Waals surface area contributed by atoms with E-state index in [0.29, 0.717) is 11.3 Å². The molecule has 1 aliphatic rings. The van der Waals surface area contributed by atoms with Gasteiger partial charge in [0.1, 0.15) is 0 Å². The first-order chi connectivity index (χ1) is 11.6. The number of hydrogen-bond donors (Lipinski definition) is 0. The zero-order chi connectivity index (χ0) is 17.1. The maximum absolute atomic E-state index is 12.6. The van der Waals surface area contributed by atoms with Crippen LogP contribution in [0.4, 0.5) is 5.69 Å². The van der Waals surface area contributed by atoms with Crippen LogP contribution in [0.1, 0.15) is 16.8 Å². The quantitative estimate of drug-likeness (QED) is 0.632. The summed E-state index contributed by atoms with van der Waals surface area (Å²) in [5, 5.41) is -0.430. The average Bonchev–Trinajstić information content (AvgIpc) is 2.89. The minimum absolute atomic E-state index is 0.164. The molecule has 0 N–H and O–H groups in total. The van der Waals surface area contributed by atoms with Crippen molar-refractivity contribution in [3.05, 3.63) is 60.2 Å². The highest BCUT2D eigenvalue weighted by Crippen LogP contribution is 2.33. The number of carbonyl (C=O) groups excluding carboxylic acids is 3. The average molecular weight is 341 g/mol. The molecule has 1 atom stereocenters. The van der Waals surface area contributed by atoms with Crippen LogP contribution in [0.5, 0.6) is 0 Å². The fourth-order valence-corrected chi connectivity index (χ4v) is 3.57. The van der Waals surface area contributed by atoms with Gasteiger partial charge in [0.05, 0.1) is 23.6 Å². The normalized spacial score (nSPS) is 17.2. The van der Waals surface area contributed by atoms with Gasteiger partial charge in [0.25, 0.3) is 0 Å². The lowest BCUT2D eigenvalue weighted by Gasteiger charge is -2.15. The summed E-state index contributed by atoms with van der Waals surface area (Å²) in [5.74, 6) is -0.933. The van der Waals surface area contributed by atoms with Gasteiger partial charge in [-0.15, -0.1) is 11.8 Å². The van der Waals surface area contributed by atoms with Crippen molar-refractivity contribution in [1.82, 2.24) is 0 Å². The Morgan fingerprint density at radius 1 is 1.08 bits per heavy atom. The van der Waals surface area contributed by atoms with E-state index in [1.807, 2.05) is 30.3 Å². The molecule has 0 bridgehead atoms. The summed E-state index contributed by atoms with van der Waals surface area (Å²) in [6, 6.07) is 15.8. The third-order valence-corrected chi connectivity index (χ3v) is 4.87. The van der Waals surface area contributed by atoms with Crippen LogP contribution in [-0.4, -0.2) is 30.1 Å². The van der Waals surface area contributed by atoms with Gasteiger partial charge in [-0.2, -0.15) is 0 Å². The van der Waals surface area contributed by atoms with Crippen LogP contribution >= 0.6 is 11.8 Å². The Hall–Kier alpha value is -2.60. The summed E-state index contributed by atoms with van der Waals surface area (Å²) in [6.07, 6.45) is 0.164. The van der Waals surface area contributed by atoms with Crippen LogP contribution in [-0.2, 0) is 14.3 Å². The molecule has 6 heteroatoms. The first kappa shape index (κ1) is 16.3. The number of anilines is 1. The standard InChI is InChI=1S/C18H15NO4S/c1-23-18(22)12-7-9-13(10-8-12)19-16(20)11-15(17(19)21)24-14-5-3-2-4-6-14/h2-10,15H,11H2,1H3/t15-/m1/s1. The SMILES string of the molecule is COC(=O)c1ccc(N2C(=O)C[C@@H](Sc3ccccc3)C2=O)cc1. The van der Waals surface area contributed by atoms with Gasteiger partial charge in [-0.25, -0.2) is 9.69 Å². The van der Waals surface area contributed by atoms with Crippen molar-refractivity contribution in [1.29, 1.82) is 0 Å². The van der Waals surface area contributed by atoms with Crippen molar-refractivity contribution < 1.29 is 19.1 Å². The lowest BCUT2D eigenvalue weighted by molar-refractivity contribution is -0.121. The van der Waals surface area contributed by atoms with Crippen LogP contribution in [0, 0.1) is 0 Å². The van der Waals surface area contributed by atoms with Crippen molar-refractivity contribution in [3.8, 4) is 0 Å². The second kappa shape index (κ2) is 6.88. The highest BCUT2D eigenvalue weighted by molar-refractivity contribution is 8.00. The number of nitrogens with zero attached hydrogens (tertiary/aromatic N) is 1. The van der Waals surface area contributed by atoms with E-state index in [1.54, 1.807) is 24.3 Å². The van der Waals surface area contributed by atoms with Crippen molar-refractivity contribution in [2.24, 2.45) is 0 Å². The molecule has 2 aromatic carbocycles. The monoisotopic (exact) mass is 341 g/mol. The maximum Gasteiger partial charge on any atom is 0.337 e. The lowest BCUT2D eigenvalue weighted by atomic mass is 10.2. The Morgan fingerprint density at radius 2 is 1.75 bits per heavy atom. The van der Waals surface area contributed by atoms with Gasteiger partial charge >= 0.3 is 5.97 Å². The summed E-state index contributed by atoms with van der Waals surface area (Å²) < 4.78 is 4.64. The molecule has 1 saturated heterocycles. The highest BCUT2D eigenvalue weighted by Gasteiger charge is 2.40. The topological polar surface area (TPSA) is 63.7 Å². The van der Waals surface area contributed by atoms with Crippen molar-refractivity contribution in [3.63, 3.8) is 0 Å². The molecule has 1 heterocycles. The van der Waals surface area contributed by atoms with Gasteiger partial charge in [0.15, 0.2) is 0 Å². The van der Waals surface area contributed by atoms with E-state index in [9.17, 15) is 14.4 Å². The molecular formula is C18H15NO4S. The Balaban J connectivity index is 1.78. The predicted octanol–water partition coefficient (Wildman–Crippen LogP) is 2.90. The molecular weight excluding hydrogens is 326 g/mol. The van der Waals surface area contributed by atoms with Gasteiger partial charge in [-0.3, -0.25) is 9.59 Å². The van der Waals surface area contributed by atoms with E-state index < -0.39 is 11.2 Å². The molecule has 5 nitrogen and oxygen atoms in total. The fourth-order valence-electron chi connectivity index (χ4n) is 2.50. The summed E-state index contributed by atoms with van der Waals surface area (Å²) >= 11 is 1.39. The summed E-state index contributed by atoms with van der Waals surface area (Å²) in [5.41, 5.74) is 0.837. The first-order valence-corrected chi connectivity index (χ1v) is 8.25. The number of carbonyl (C=O) groups is 3. The second-order valence-electron chi connectivity index (χ2n) is 5.23. The molecule has 0 aromatic heterocycles. The van der Waals surface area contributed by atoms with Crippen molar-refractivity contribution >= 4 is 35.2 Å². The Labute approximate surface area is 143 Å². The van der Waals surface area contributed by atoms with E-state index in [2.05, 4.69) is 4.74 Å². The largest absolute Gasteiger partial charge is 0.465 e. The molecule has 0 aliphatic carbocycles. The highest BCUT2D eigenvalue weighted by atomic mass is 32.2. The molecule has 0 unspecified atom stereocenters. The van der Waals surface area contributed by atoms with Gasteiger partial charge < -0.3 is 4.74 Å². The maximum atomic E-state index is 12.6. The molecule has 0 saturated carbocycles. The van der Waals surface area contributed by atoms with Gasteiger partial charge in [-0.1, -0.05) is 18.2 Å². The Bertz CT molecular complexity index is 773. The molecule has 0 spiro atoms. The number of esters is 1. The summed E-state index contributed by atoms with van der Waals surface area (Å²) in [6.45, 7) is 0. The number of ether oxygens (including phenoxy) is 1. The van der Waals surface area contributed by atoms with Gasteiger partial charge in [0, 0.05) is 11.3 Å². The van der Waals surface area contributed by atoms with Crippen LogP contribution in [0.3, 0.4) is 0 Å². The molecule has 1 fully saturated rings. The van der Waals surface area contributed by atoms with Crippen LogP contribution < -0.4 is 4.90 Å². The van der Waals surface area contributed by atoms with E-state index in [4.69, 9.17) is 0 Å². The number of imide groups is 1. The van der Waals surface area contributed by atoms with E-state index >= 15 is 0 Å². The summed E-state index contributed by atoms with van der Waals surface area (Å²) in [4.78, 5) is 38.4. The van der Waals surface area contributed by atoms with Crippen LogP contribution in [0.25, 0.3) is 0 Å². The third kappa shape index (κ3) is 3.19. The van der Waals surface area contributed by atoms with Gasteiger partial charge in [0.2, 0.25) is 11.8 Å². The predicted molar refractivity (Wildman–Crippen MR) is 91.0 cm³/mol. The van der Waals surface area contributed by atoms with E-state index in [0.717, 1.165) is 4.90 Å². The van der Waals surface area contributed by atoms with E-state index in [1.165, 1.54) is 23.8 Å². The van der Waals surface area contributed by atoms with Crippen LogP contribution in [0.15, 0.2) is 59.5 Å². The zero-order valence-corrected chi connectivity index (χ0v) is 13.8. The number of amides is 2. The number of thioether (sulfide) groups is 1. The fraction of sp³-hybridized carbons (Fsp3) is 0.167. The lowest BCUT2D eigenvalue weighted by Crippen LogP contribution is -2.31. The Morgan fingerprint density at radius 3 is 2.38 bits per heavy atom. The molecule has 122 valence electrons. The Kier molecular flexibility index (Phi) is 4.66. The molecule has 3 rings (SSSR count). The van der Waals surface area contributed by atoms with Crippen molar-refractivity contribution in [2.45, 2.75) is 16.6 Å². The molecule has 1 aliphatic heterocycles. The number of rotatable bonds is 4. The zero-order valence-electron chi connectivity index (χ0n) is 13.0. The number of benzene rings is 2. The van der Waals surface area contributed by atoms with Crippen molar-refractivity contribution in [2.75, 3.05) is 12.0 Å². The second-order valence-corrected chi connectivity index (χ2v) is 6.51. The van der Waals surface area contributed by atoms with E-state index in [-0.39, 0.29) is 18.2 Å². The molecule has 0 radical (unpaired) electrons. The number of methoxy groups -OCH3 is 1. The first-order valence-electron chi connectivity index (χ1n) is 7.37. The molecule has 24 heavy (non-hydrogen) atoms. The number of hydrogen-bond acceptors (Lipinski definition) is 5. The molecule has 2 aromatic rings. The van der Waals surface area contributed by atoms with Crippen LogP contribution in [0.2, 0.25) is 0 Å². The minimum atomic E-state index is -0.460. The van der Waals surface area contributed by atoms with Gasteiger partial charge in [-0.05, 0) is 36.4 Å². The minimum Gasteiger partial charge on any atom is -0.465 e. The molecule has 2 amide bonds. The summed E-state index contributed by atoms with van der Waals surface area (Å²) in [7, 11) is 1.30.